The van der Waals surface area contributed by atoms with E-state index in [1.807, 2.05) is 0 Å². The molecule has 0 fully saturated rings. The molecule has 8 heteroatoms. The fourth-order valence-electron chi connectivity index (χ4n) is 1.31. The molecule has 0 atom stereocenters. The molecule has 20 heavy (non-hydrogen) atoms. The molecule has 0 aliphatic carbocycles. The van der Waals surface area contributed by atoms with Crippen molar-refractivity contribution in [2.45, 2.75) is 31.8 Å². The number of rotatable bonds is 4. The van der Waals surface area contributed by atoms with Crippen LogP contribution in [0.2, 0.25) is 0 Å². The van der Waals surface area contributed by atoms with Crippen molar-refractivity contribution in [2.75, 3.05) is 7.11 Å². The fourth-order valence-corrected chi connectivity index (χ4v) is 1.31. The summed E-state index contributed by atoms with van der Waals surface area (Å²) in [6.07, 6.45) is -10.4. The zero-order valence-electron chi connectivity index (χ0n) is 11.0. The van der Waals surface area contributed by atoms with E-state index < -0.39 is 23.5 Å². The number of hydrogen-bond acceptors (Lipinski definition) is 2. The van der Waals surface area contributed by atoms with Gasteiger partial charge in [-0.3, -0.25) is 0 Å². The Bertz CT molecular complexity index is 414. The standard InChI is InChI=1S/C12H14F6O2/c1-7(2)9(20-4)6-5-8(3)10(19,11(13,14)15)12(16,17)18/h5-6,19H,1H2,2-4H3/b8-5+,9-6+. The monoisotopic (exact) mass is 304 g/mol. The number of alkyl halides is 6. The lowest BCUT2D eigenvalue weighted by atomic mass is 9.92. The number of hydrogen-bond donors (Lipinski definition) is 1. The number of methoxy groups -OCH3 is 1. The number of halogens is 6. The quantitative estimate of drug-likeness (QED) is 0.485. The maximum atomic E-state index is 12.5. The maximum absolute atomic E-state index is 12.5. The molecule has 0 unspecified atom stereocenters. The Balaban J connectivity index is 5.83. The van der Waals surface area contributed by atoms with Gasteiger partial charge in [-0.05, 0) is 31.1 Å². The lowest BCUT2D eigenvalue weighted by molar-refractivity contribution is -0.352. The van der Waals surface area contributed by atoms with Crippen LogP contribution in [0.4, 0.5) is 26.3 Å². The highest BCUT2D eigenvalue weighted by Crippen LogP contribution is 2.47. The first kappa shape index (κ1) is 18.6. The molecule has 2 nitrogen and oxygen atoms in total. The lowest BCUT2D eigenvalue weighted by Gasteiger charge is -2.33. The molecule has 0 saturated carbocycles. The first-order valence-corrected chi connectivity index (χ1v) is 5.23. The Hall–Kier alpha value is -1.44. The van der Waals surface area contributed by atoms with Crippen molar-refractivity contribution in [3.8, 4) is 0 Å². The normalized spacial score (nSPS) is 15.3. The molecular formula is C12H14F6O2. The van der Waals surface area contributed by atoms with Crippen molar-refractivity contribution in [3.05, 3.63) is 35.6 Å². The molecule has 0 aliphatic rings. The number of allylic oxidation sites excluding steroid dienone is 3. The molecule has 1 N–H and O–H groups in total. The van der Waals surface area contributed by atoms with Crippen molar-refractivity contribution >= 4 is 0 Å². The largest absolute Gasteiger partial charge is 0.497 e. The van der Waals surface area contributed by atoms with Crippen LogP contribution in [0.1, 0.15) is 13.8 Å². The second kappa shape index (κ2) is 5.90. The summed E-state index contributed by atoms with van der Waals surface area (Å²) in [5.41, 5.74) is -5.93. The minimum absolute atomic E-state index is 0.00366. The third-order valence-electron chi connectivity index (χ3n) is 2.52. The van der Waals surface area contributed by atoms with Crippen LogP contribution in [0.25, 0.3) is 0 Å². The van der Waals surface area contributed by atoms with E-state index >= 15 is 0 Å². The van der Waals surface area contributed by atoms with E-state index in [1.165, 1.54) is 14.0 Å². The highest BCUT2D eigenvalue weighted by atomic mass is 19.4. The Morgan fingerprint density at radius 3 is 1.65 bits per heavy atom. The van der Waals surface area contributed by atoms with Gasteiger partial charge >= 0.3 is 12.4 Å². The molecule has 0 saturated heterocycles. The maximum Gasteiger partial charge on any atom is 0.430 e. The van der Waals surface area contributed by atoms with Gasteiger partial charge in [-0.1, -0.05) is 12.7 Å². The van der Waals surface area contributed by atoms with Gasteiger partial charge in [0, 0.05) is 0 Å². The summed E-state index contributed by atoms with van der Waals surface area (Å²) in [4.78, 5) is 0. The van der Waals surface area contributed by atoms with E-state index in [9.17, 15) is 26.3 Å². The summed E-state index contributed by atoms with van der Waals surface area (Å²) in [7, 11) is 1.18. The first-order chi connectivity index (χ1) is 8.79. The molecule has 0 bridgehead atoms. The van der Waals surface area contributed by atoms with Crippen LogP contribution in [0.3, 0.4) is 0 Å². The Labute approximate surface area is 112 Å². The van der Waals surface area contributed by atoms with Crippen molar-refractivity contribution in [2.24, 2.45) is 0 Å². The summed E-state index contributed by atoms with van der Waals surface area (Å²) in [6, 6.07) is 0. The number of aliphatic hydroxyl groups is 1. The van der Waals surface area contributed by atoms with Gasteiger partial charge < -0.3 is 9.84 Å². The minimum atomic E-state index is -5.89. The SMILES string of the molecule is C=C(C)/C(=C\C=C(/C)C(O)(C(F)(F)F)C(F)(F)F)OC. The molecule has 0 amide bonds. The third kappa shape index (κ3) is 3.56. The topological polar surface area (TPSA) is 29.5 Å². The van der Waals surface area contributed by atoms with Gasteiger partial charge in [0.15, 0.2) is 0 Å². The predicted molar refractivity (Wildman–Crippen MR) is 60.7 cm³/mol. The minimum Gasteiger partial charge on any atom is -0.497 e. The fraction of sp³-hybridized carbons (Fsp3) is 0.500. The molecule has 0 aromatic heterocycles. The second-order valence-electron chi connectivity index (χ2n) is 4.07. The van der Waals surface area contributed by atoms with Crippen molar-refractivity contribution < 1.29 is 36.2 Å². The van der Waals surface area contributed by atoms with Gasteiger partial charge in [-0.25, -0.2) is 0 Å². The summed E-state index contributed by atoms with van der Waals surface area (Å²) < 4.78 is 79.9. The van der Waals surface area contributed by atoms with Crippen LogP contribution in [-0.2, 0) is 4.74 Å². The Morgan fingerprint density at radius 2 is 1.40 bits per heavy atom. The van der Waals surface area contributed by atoms with Crippen LogP contribution in [0, 0.1) is 0 Å². The summed E-state index contributed by atoms with van der Waals surface area (Å²) in [5.74, 6) is -0.00366. The number of ether oxygens (including phenoxy) is 1. The third-order valence-corrected chi connectivity index (χ3v) is 2.52. The van der Waals surface area contributed by atoms with Crippen molar-refractivity contribution in [3.63, 3.8) is 0 Å². The molecule has 0 radical (unpaired) electrons. The second-order valence-corrected chi connectivity index (χ2v) is 4.07. The van der Waals surface area contributed by atoms with E-state index in [2.05, 4.69) is 6.58 Å². The molecule has 0 rings (SSSR count). The Morgan fingerprint density at radius 1 is 1.00 bits per heavy atom. The molecule has 0 heterocycles. The van der Waals surface area contributed by atoms with E-state index in [4.69, 9.17) is 9.84 Å². The van der Waals surface area contributed by atoms with Crippen LogP contribution in [0.15, 0.2) is 35.6 Å². The molecule has 0 aromatic carbocycles. The average molecular weight is 304 g/mol. The van der Waals surface area contributed by atoms with Crippen LogP contribution in [-0.4, -0.2) is 30.2 Å². The zero-order chi connectivity index (χ0) is 16.4. The highest BCUT2D eigenvalue weighted by molar-refractivity contribution is 5.30. The van der Waals surface area contributed by atoms with Crippen LogP contribution < -0.4 is 0 Å². The average Bonchev–Trinajstić information content (AvgIpc) is 2.24. The van der Waals surface area contributed by atoms with E-state index in [0.717, 1.165) is 6.08 Å². The molecule has 0 spiro atoms. The smallest absolute Gasteiger partial charge is 0.430 e. The van der Waals surface area contributed by atoms with Gasteiger partial charge in [0.2, 0.25) is 0 Å². The van der Waals surface area contributed by atoms with Crippen LogP contribution >= 0.6 is 0 Å². The molecule has 116 valence electrons. The van der Waals surface area contributed by atoms with Gasteiger partial charge in [-0.2, -0.15) is 26.3 Å². The predicted octanol–water partition coefficient (Wildman–Crippen LogP) is 3.89. The van der Waals surface area contributed by atoms with Crippen molar-refractivity contribution in [1.82, 2.24) is 0 Å². The van der Waals surface area contributed by atoms with Gasteiger partial charge in [-0.15, -0.1) is 0 Å². The van der Waals surface area contributed by atoms with Crippen molar-refractivity contribution in [1.29, 1.82) is 0 Å². The Kier molecular flexibility index (Phi) is 5.48. The van der Waals surface area contributed by atoms with E-state index in [0.29, 0.717) is 18.6 Å². The first-order valence-electron chi connectivity index (χ1n) is 5.23. The summed E-state index contributed by atoms with van der Waals surface area (Å²) >= 11 is 0. The molecular weight excluding hydrogens is 290 g/mol. The highest BCUT2D eigenvalue weighted by Gasteiger charge is 2.71. The van der Waals surface area contributed by atoms with Crippen LogP contribution in [0.5, 0.6) is 0 Å². The van der Waals surface area contributed by atoms with Gasteiger partial charge in [0.25, 0.3) is 5.60 Å². The van der Waals surface area contributed by atoms with Gasteiger partial charge in [0.1, 0.15) is 5.76 Å². The lowest BCUT2D eigenvalue weighted by Crippen LogP contribution is -2.57. The van der Waals surface area contributed by atoms with E-state index in [-0.39, 0.29) is 5.76 Å². The van der Waals surface area contributed by atoms with E-state index in [1.54, 1.807) is 0 Å². The summed E-state index contributed by atoms with van der Waals surface area (Å²) in [6.45, 7) is 5.42. The molecule has 0 aliphatic heterocycles. The van der Waals surface area contributed by atoms with Gasteiger partial charge in [0.05, 0.1) is 7.11 Å². The molecule has 0 aromatic rings. The summed E-state index contributed by atoms with van der Waals surface area (Å²) in [5, 5.41) is 9.07. The zero-order valence-corrected chi connectivity index (χ0v) is 11.0.